The third-order valence-corrected chi connectivity index (χ3v) is 3.07. The van der Waals surface area contributed by atoms with Crippen molar-refractivity contribution in [3.63, 3.8) is 0 Å². The Kier molecular flexibility index (Phi) is 6.36. The predicted molar refractivity (Wildman–Crippen MR) is 70.4 cm³/mol. The van der Waals surface area contributed by atoms with Crippen molar-refractivity contribution < 1.29 is 32.9 Å². The second-order valence-corrected chi connectivity index (χ2v) is 4.27. The molecule has 0 bridgehead atoms. The average Bonchev–Trinajstić information content (AvgIpc) is 2.46. The van der Waals surface area contributed by atoms with Crippen molar-refractivity contribution in [3.8, 4) is 11.5 Å². The summed E-state index contributed by atoms with van der Waals surface area (Å²) in [7, 11) is 2.53. The molecule has 1 aromatic rings. The normalized spacial score (nSPS) is 13.7. The zero-order chi connectivity index (χ0) is 16.0. The van der Waals surface area contributed by atoms with Crippen LogP contribution >= 0.6 is 0 Å². The van der Waals surface area contributed by atoms with E-state index in [-0.39, 0.29) is 17.1 Å². The SMILES string of the molecule is CCC(C(=O)OC)C(O)c1ccc(OC)c(OC(F)F)c1. The van der Waals surface area contributed by atoms with Crippen LogP contribution in [0.4, 0.5) is 8.78 Å². The van der Waals surface area contributed by atoms with E-state index in [1.807, 2.05) is 0 Å². The van der Waals surface area contributed by atoms with Gasteiger partial charge in [0.05, 0.1) is 26.2 Å². The van der Waals surface area contributed by atoms with Crippen LogP contribution in [0.15, 0.2) is 18.2 Å². The molecule has 0 spiro atoms. The van der Waals surface area contributed by atoms with Gasteiger partial charge in [-0.25, -0.2) is 0 Å². The number of alkyl halides is 2. The zero-order valence-electron chi connectivity index (χ0n) is 12.0. The maximum atomic E-state index is 12.4. The summed E-state index contributed by atoms with van der Waals surface area (Å²) < 4.78 is 38.6. The first-order chi connectivity index (χ1) is 9.94. The number of halogens is 2. The lowest BCUT2D eigenvalue weighted by Crippen LogP contribution is -2.23. The Morgan fingerprint density at radius 3 is 2.43 bits per heavy atom. The molecule has 1 aromatic carbocycles. The number of methoxy groups -OCH3 is 2. The van der Waals surface area contributed by atoms with Gasteiger partial charge >= 0.3 is 12.6 Å². The fourth-order valence-electron chi connectivity index (χ4n) is 1.97. The molecule has 118 valence electrons. The molecule has 0 aliphatic heterocycles. The highest BCUT2D eigenvalue weighted by atomic mass is 19.3. The summed E-state index contributed by atoms with van der Waals surface area (Å²) in [5.74, 6) is -1.46. The molecule has 0 aromatic heterocycles. The summed E-state index contributed by atoms with van der Waals surface area (Å²) in [6.45, 7) is -1.31. The number of rotatable bonds is 7. The summed E-state index contributed by atoms with van der Waals surface area (Å²) >= 11 is 0. The molecule has 0 fully saturated rings. The number of aliphatic hydroxyl groups excluding tert-OH is 1. The van der Waals surface area contributed by atoms with Crippen LogP contribution in [0.3, 0.4) is 0 Å². The summed E-state index contributed by atoms with van der Waals surface area (Å²) in [5, 5.41) is 10.2. The van der Waals surface area contributed by atoms with Crippen LogP contribution in [-0.2, 0) is 9.53 Å². The molecular weight excluding hydrogens is 286 g/mol. The molecule has 0 heterocycles. The molecular formula is C14H18F2O5. The molecule has 7 heteroatoms. The predicted octanol–water partition coefficient (Wildman–Crippen LogP) is 2.53. The van der Waals surface area contributed by atoms with Crippen molar-refractivity contribution in [2.75, 3.05) is 14.2 Å². The largest absolute Gasteiger partial charge is 0.493 e. The molecule has 0 amide bonds. The van der Waals surface area contributed by atoms with Gasteiger partial charge in [0, 0.05) is 0 Å². The highest BCUT2D eigenvalue weighted by Crippen LogP contribution is 2.34. The van der Waals surface area contributed by atoms with Gasteiger partial charge in [0.2, 0.25) is 0 Å². The first kappa shape index (κ1) is 17.2. The number of hydrogen-bond acceptors (Lipinski definition) is 5. The van der Waals surface area contributed by atoms with Crippen LogP contribution in [0.2, 0.25) is 0 Å². The quantitative estimate of drug-likeness (QED) is 0.784. The molecule has 0 radical (unpaired) electrons. The topological polar surface area (TPSA) is 65.0 Å². The smallest absolute Gasteiger partial charge is 0.387 e. The summed E-state index contributed by atoms with van der Waals surface area (Å²) in [5.41, 5.74) is 0.267. The van der Waals surface area contributed by atoms with Crippen LogP contribution in [0.1, 0.15) is 25.0 Å². The van der Waals surface area contributed by atoms with E-state index in [1.165, 1.54) is 32.4 Å². The Hall–Kier alpha value is -1.89. The molecule has 21 heavy (non-hydrogen) atoms. The number of esters is 1. The number of carbonyl (C=O) groups is 1. The fourth-order valence-corrected chi connectivity index (χ4v) is 1.97. The van der Waals surface area contributed by atoms with E-state index in [0.717, 1.165) is 0 Å². The second kappa shape index (κ2) is 7.78. The Morgan fingerprint density at radius 1 is 1.29 bits per heavy atom. The molecule has 0 aliphatic rings. The Balaban J connectivity index is 3.09. The Labute approximate surface area is 121 Å². The van der Waals surface area contributed by atoms with Crippen molar-refractivity contribution in [1.29, 1.82) is 0 Å². The van der Waals surface area contributed by atoms with Crippen molar-refractivity contribution in [1.82, 2.24) is 0 Å². The number of carbonyl (C=O) groups excluding carboxylic acids is 1. The van der Waals surface area contributed by atoms with Gasteiger partial charge in [0.15, 0.2) is 11.5 Å². The van der Waals surface area contributed by atoms with Crippen molar-refractivity contribution >= 4 is 5.97 Å². The van der Waals surface area contributed by atoms with Gasteiger partial charge in [0.1, 0.15) is 0 Å². The van der Waals surface area contributed by atoms with Crippen molar-refractivity contribution in [2.45, 2.75) is 26.1 Å². The molecule has 1 rings (SSSR count). The molecule has 1 N–H and O–H groups in total. The lowest BCUT2D eigenvalue weighted by atomic mass is 9.93. The molecule has 0 aliphatic carbocycles. The van der Waals surface area contributed by atoms with Crippen molar-refractivity contribution in [2.24, 2.45) is 5.92 Å². The number of aliphatic hydroxyl groups is 1. The van der Waals surface area contributed by atoms with Gasteiger partial charge in [-0.15, -0.1) is 0 Å². The van der Waals surface area contributed by atoms with Gasteiger partial charge in [-0.1, -0.05) is 13.0 Å². The van der Waals surface area contributed by atoms with Gasteiger partial charge < -0.3 is 19.3 Å². The third-order valence-electron chi connectivity index (χ3n) is 3.07. The van der Waals surface area contributed by atoms with Crippen molar-refractivity contribution in [3.05, 3.63) is 23.8 Å². The minimum Gasteiger partial charge on any atom is -0.493 e. The molecule has 0 saturated carbocycles. The van der Waals surface area contributed by atoms with E-state index in [1.54, 1.807) is 6.92 Å². The van der Waals surface area contributed by atoms with Crippen LogP contribution in [0.25, 0.3) is 0 Å². The van der Waals surface area contributed by atoms with Crippen LogP contribution in [0.5, 0.6) is 11.5 Å². The Bertz CT molecular complexity index is 478. The minimum atomic E-state index is -3.02. The lowest BCUT2D eigenvalue weighted by molar-refractivity contribution is -0.149. The van der Waals surface area contributed by atoms with E-state index >= 15 is 0 Å². The van der Waals surface area contributed by atoms with E-state index in [0.29, 0.717) is 6.42 Å². The average molecular weight is 304 g/mol. The maximum Gasteiger partial charge on any atom is 0.387 e. The number of benzene rings is 1. The minimum absolute atomic E-state index is 0.109. The fraction of sp³-hybridized carbons (Fsp3) is 0.500. The number of ether oxygens (including phenoxy) is 3. The van der Waals surface area contributed by atoms with E-state index < -0.39 is 24.6 Å². The standard InChI is InChI=1S/C14H18F2O5/c1-4-9(13(18)20-3)12(17)8-5-6-10(19-2)11(7-8)21-14(15)16/h5-7,9,12,14,17H,4H2,1-3H3. The van der Waals surface area contributed by atoms with Gasteiger partial charge in [0.25, 0.3) is 0 Å². The highest BCUT2D eigenvalue weighted by molar-refractivity contribution is 5.73. The summed E-state index contributed by atoms with van der Waals surface area (Å²) in [6.07, 6.45) is -0.848. The molecule has 2 atom stereocenters. The second-order valence-electron chi connectivity index (χ2n) is 4.27. The highest BCUT2D eigenvalue weighted by Gasteiger charge is 2.28. The van der Waals surface area contributed by atoms with Crippen LogP contribution in [-0.4, -0.2) is 31.9 Å². The third kappa shape index (κ3) is 4.29. The van der Waals surface area contributed by atoms with Gasteiger partial charge in [-0.05, 0) is 24.1 Å². The van der Waals surface area contributed by atoms with Gasteiger partial charge in [-0.2, -0.15) is 8.78 Å². The van der Waals surface area contributed by atoms with Crippen LogP contribution < -0.4 is 9.47 Å². The Morgan fingerprint density at radius 2 is 1.95 bits per heavy atom. The van der Waals surface area contributed by atoms with E-state index in [2.05, 4.69) is 9.47 Å². The van der Waals surface area contributed by atoms with E-state index in [4.69, 9.17) is 4.74 Å². The lowest BCUT2D eigenvalue weighted by Gasteiger charge is -2.20. The maximum absolute atomic E-state index is 12.4. The first-order valence-electron chi connectivity index (χ1n) is 6.33. The molecule has 0 saturated heterocycles. The number of hydrogen-bond donors (Lipinski definition) is 1. The van der Waals surface area contributed by atoms with E-state index in [9.17, 15) is 18.7 Å². The zero-order valence-corrected chi connectivity index (χ0v) is 12.0. The summed E-state index contributed by atoms with van der Waals surface area (Å²) in [4.78, 5) is 11.6. The summed E-state index contributed by atoms with van der Waals surface area (Å²) in [6, 6.07) is 4.09. The molecule has 2 unspecified atom stereocenters. The first-order valence-corrected chi connectivity index (χ1v) is 6.33. The monoisotopic (exact) mass is 304 g/mol. The molecule has 5 nitrogen and oxygen atoms in total. The van der Waals surface area contributed by atoms with Crippen LogP contribution in [0, 0.1) is 5.92 Å². The van der Waals surface area contributed by atoms with Gasteiger partial charge in [-0.3, -0.25) is 4.79 Å².